The van der Waals surface area contributed by atoms with Gasteiger partial charge in [0.15, 0.2) is 5.13 Å². The summed E-state index contributed by atoms with van der Waals surface area (Å²) in [5, 5.41) is 12.8. The van der Waals surface area contributed by atoms with Crippen LogP contribution in [0.15, 0.2) is 24.4 Å². The quantitative estimate of drug-likeness (QED) is 0.795. The van der Waals surface area contributed by atoms with E-state index in [4.69, 9.17) is 16.7 Å². The predicted molar refractivity (Wildman–Crippen MR) is 99.6 cm³/mol. The summed E-state index contributed by atoms with van der Waals surface area (Å²) in [5.41, 5.74) is 2.10. The predicted octanol–water partition coefficient (Wildman–Crippen LogP) is 3.88. The van der Waals surface area contributed by atoms with Gasteiger partial charge in [-0.2, -0.15) is 0 Å². The molecule has 0 radical (unpaired) electrons. The van der Waals surface area contributed by atoms with E-state index in [-0.39, 0.29) is 12.6 Å². The van der Waals surface area contributed by atoms with E-state index < -0.39 is 11.9 Å². The van der Waals surface area contributed by atoms with Gasteiger partial charge >= 0.3 is 12.0 Å². The molecule has 1 heterocycles. The third-order valence-electron chi connectivity index (χ3n) is 3.70. The average molecular weight is 382 g/mol. The number of nitrogens with zero attached hydrogens (tertiary/aromatic N) is 2. The van der Waals surface area contributed by atoms with Gasteiger partial charge < -0.3 is 10.0 Å². The molecule has 1 atom stereocenters. The summed E-state index contributed by atoms with van der Waals surface area (Å²) in [7, 11) is 1.55. The van der Waals surface area contributed by atoms with Gasteiger partial charge in [-0.15, -0.1) is 11.3 Å². The van der Waals surface area contributed by atoms with E-state index >= 15 is 0 Å². The largest absolute Gasteiger partial charge is 0.481 e. The van der Waals surface area contributed by atoms with E-state index in [2.05, 4.69) is 10.3 Å². The second-order valence-corrected chi connectivity index (χ2v) is 7.46. The summed E-state index contributed by atoms with van der Waals surface area (Å²) in [5.74, 6) is -1.57. The molecule has 2 rings (SSSR count). The van der Waals surface area contributed by atoms with Crippen LogP contribution in [0.3, 0.4) is 0 Å². The number of aliphatic carboxylic acids is 1. The van der Waals surface area contributed by atoms with Crippen molar-refractivity contribution < 1.29 is 14.7 Å². The number of urea groups is 1. The molecule has 0 aliphatic heterocycles. The fourth-order valence-electron chi connectivity index (χ4n) is 2.15. The first kappa shape index (κ1) is 19.2. The molecule has 0 fully saturated rings. The highest BCUT2D eigenvalue weighted by molar-refractivity contribution is 7.15. The highest BCUT2D eigenvalue weighted by Gasteiger charge is 2.18. The molecule has 1 aromatic carbocycles. The number of carboxylic acids is 1. The number of carboxylic acid groups (broad SMARTS) is 1. The molecule has 25 heavy (non-hydrogen) atoms. The van der Waals surface area contributed by atoms with Crippen LogP contribution < -0.4 is 5.32 Å². The fourth-order valence-corrected chi connectivity index (χ4v) is 3.19. The standard InChI is InChI=1S/C17H20ClN3O3S/c1-10-4-5-12(7-14(10)18)6-13-8-19-16(25-13)20-17(24)21(3)9-11(2)15(22)23/h4-5,7-8,11H,6,9H2,1-3H3,(H,22,23)(H,19,20,24). The minimum atomic E-state index is -0.937. The minimum Gasteiger partial charge on any atom is -0.481 e. The topological polar surface area (TPSA) is 82.5 Å². The van der Waals surface area contributed by atoms with Crippen LogP contribution in [0.2, 0.25) is 5.02 Å². The first-order valence-corrected chi connectivity index (χ1v) is 8.90. The molecule has 6 nitrogen and oxygen atoms in total. The van der Waals surface area contributed by atoms with Crippen LogP contribution in [0.1, 0.15) is 22.9 Å². The van der Waals surface area contributed by atoms with E-state index in [1.54, 1.807) is 20.2 Å². The third-order valence-corrected chi connectivity index (χ3v) is 5.02. The van der Waals surface area contributed by atoms with Crippen molar-refractivity contribution in [3.05, 3.63) is 45.4 Å². The fraction of sp³-hybridized carbons (Fsp3) is 0.353. The van der Waals surface area contributed by atoms with Crippen molar-refractivity contribution in [1.82, 2.24) is 9.88 Å². The minimum absolute atomic E-state index is 0.126. The molecule has 1 aromatic heterocycles. The molecule has 0 spiro atoms. The van der Waals surface area contributed by atoms with E-state index in [1.165, 1.54) is 16.2 Å². The number of anilines is 1. The molecule has 2 aromatic rings. The van der Waals surface area contributed by atoms with Crippen LogP contribution in [0.5, 0.6) is 0 Å². The van der Waals surface area contributed by atoms with E-state index in [0.717, 1.165) is 21.0 Å². The summed E-state index contributed by atoms with van der Waals surface area (Å²) in [6.07, 6.45) is 2.40. The molecule has 2 N–H and O–H groups in total. The number of amides is 2. The highest BCUT2D eigenvalue weighted by atomic mass is 35.5. The van der Waals surface area contributed by atoms with Gasteiger partial charge in [0, 0.05) is 36.1 Å². The molecule has 0 saturated carbocycles. The lowest BCUT2D eigenvalue weighted by Gasteiger charge is -2.19. The molecule has 0 bridgehead atoms. The Labute approximate surface area is 155 Å². The van der Waals surface area contributed by atoms with Gasteiger partial charge in [0.25, 0.3) is 0 Å². The van der Waals surface area contributed by atoms with E-state index in [0.29, 0.717) is 11.6 Å². The van der Waals surface area contributed by atoms with Gasteiger partial charge in [-0.3, -0.25) is 10.1 Å². The second-order valence-electron chi connectivity index (χ2n) is 5.94. The van der Waals surface area contributed by atoms with Crippen LogP contribution >= 0.6 is 22.9 Å². The summed E-state index contributed by atoms with van der Waals surface area (Å²) in [6.45, 7) is 3.63. The lowest BCUT2D eigenvalue weighted by molar-refractivity contribution is -0.141. The number of thiazole rings is 1. The number of hydrogen-bond donors (Lipinski definition) is 2. The maximum Gasteiger partial charge on any atom is 0.323 e. The lowest BCUT2D eigenvalue weighted by Crippen LogP contribution is -2.36. The van der Waals surface area contributed by atoms with Crippen LogP contribution in [-0.4, -0.2) is 40.6 Å². The number of benzene rings is 1. The number of hydrogen-bond acceptors (Lipinski definition) is 4. The Morgan fingerprint density at radius 2 is 2.16 bits per heavy atom. The molecular weight excluding hydrogens is 362 g/mol. The SMILES string of the molecule is Cc1ccc(Cc2cnc(NC(=O)N(C)CC(C)C(=O)O)s2)cc1Cl. The van der Waals surface area contributed by atoms with Gasteiger partial charge in [0.1, 0.15) is 0 Å². The van der Waals surface area contributed by atoms with Crippen molar-refractivity contribution in [2.45, 2.75) is 20.3 Å². The summed E-state index contributed by atoms with van der Waals surface area (Å²) >= 11 is 7.52. The number of halogens is 1. The van der Waals surface area contributed by atoms with Gasteiger partial charge in [0.2, 0.25) is 0 Å². The van der Waals surface area contributed by atoms with Gasteiger partial charge in [-0.05, 0) is 24.1 Å². The van der Waals surface area contributed by atoms with Gasteiger partial charge in [-0.1, -0.05) is 30.7 Å². The number of rotatable bonds is 6. The molecule has 1 unspecified atom stereocenters. The smallest absolute Gasteiger partial charge is 0.323 e. The Morgan fingerprint density at radius 3 is 2.80 bits per heavy atom. The Bertz CT molecular complexity index is 778. The number of aryl methyl sites for hydroxylation is 1. The lowest BCUT2D eigenvalue weighted by atomic mass is 10.1. The molecule has 134 valence electrons. The van der Waals surface area contributed by atoms with Crippen LogP contribution in [0, 0.1) is 12.8 Å². The van der Waals surface area contributed by atoms with Crippen molar-refractivity contribution in [1.29, 1.82) is 0 Å². The molecule has 2 amide bonds. The highest BCUT2D eigenvalue weighted by Crippen LogP contribution is 2.24. The monoisotopic (exact) mass is 381 g/mol. The zero-order valence-electron chi connectivity index (χ0n) is 14.2. The van der Waals surface area contributed by atoms with Crippen LogP contribution in [0.25, 0.3) is 0 Å². The number of aromatic nitrogens is 1. The Kier molecular flexibility index (Phi) is 6.39. The maximum atomic E-state index is 12.1. The zero-order chi connectivity index (χ0) is 18.6. The van der Waals surface area contributed by atoms with Gasteiger partial charge in [-0.25, -0.2) is 9.78 Å². The van der Waals surface area contributed by atoms with Crippen molar-refractivity contribution in [2.75, 3.05) is 18.9 Å². The van der Waals surface area contributed by atoms with Crippen molar-refractivity contribution in [3.63, 3.8) is 0 Å². The third kappa shape index (κ3) is 5.44. The average Bonchev–Trinajstić information content (AvgIpc) is 2.97. The zero-order valence-corrected chi connectivity index (χ0v) is 15.8. The number of nitrogens with one attached hydrogen (secondary N) is 1. The van der Waals surface area contributed by atoms with E-state index in [1.807, 2.05) is 25.1 Å². The van der Waals surface area contributed by atoms with Gasteiger partial charge in [0.05, 0.1) is 5.92 Å². The van der Waals surface area contributed by atoms with E-state index in [9.17, 15) is 9.59 Å². The van der Waals surface area contributed by atoms with Crippen molar-refractivity contribution >= 4 is 40.1 Å². The van der Waals surface area contributed by atoms with Crippen molar-refractivity contribution in [2.24, 2.45) is 5.92 Å². The first-order chi connectivity index (χ1) is 11.8. The second kappa shape index (κ2) is 8.31. The molecule has 8 heteroatoms. The Morgan fingerprint density at radius 1 is 1.44 bits per heavy atom. The number of carbonyl (C=O) groups is 2. The molecule has 0 aliphatic carbocycles. The Hall–Kier alpha value is -2.12. The van der Waals surface area contributed by atoms with Crippen molar-refractivity contribution in [3.8, 4) is 0 Å². The molecule has 0 saturated heterocycles. The molecular formula is C17H20ClN3O3S. The summed E-state index contributed by atoms with van der Waals surface area (Å²) in [6, 6.07) is 5.53. The molecule has 0 aliphatic rings. The Balaban J connectivity index is 1.95. The maximum absolute atomic E-state index is 12.1. The summed E-state index contributed by atoms with van der Waals surface area (Å²) in [4.78, 5) is 29.5. The van der Waals surface area contributed by atoms with Crippen LogP contribution in [-0.2, 0) is 11.2 Å². The number of carbonyl (C=O) groups excluding carboxylic acids is 1. The first-order valence-electron chi connectivity index (χ1n) is 7.71. The summed E-state index contributed by atoms with van der Waals surface area (Å²) < 4.78 is 0. The normalized spacial score (nSPS) is 11.8. The van der Waals surface area contributed by atoms with Crippen LogP contribution in [0.4, 0.5) is 9.93 Å².